The molecule has 2 heterocycles. The van der Waals surface area contributed by atoms with Crippen LogP contribution >= 0.6 is 0 Å². The number of aromatic hydroxyl groups is 1. The standard InChI is InChI=1S/C22H14F6N2O4/c1-33-15-2-3-17-16(8-15)12(9-29-17)6-18-19(31)30(20(32)34-18)10-11-4-13(21(23,24)25)7-14(5-11)22(26,27)28/h2-9,31H,10H2,1H3. The van der Waals surface area contributed by atoms with Crippen molar-refractivity contribution >= 4 is 23.6 Å². The summed E-state index contributed by atoms with van der Waals surface area (Å²) >= 11 is 0. The van der Waals surface area contributed by atoms with Crippen LogP contribution in [0.4, 0.5) is 32.0 Å². The highest BCUT2D eigenvalue weighted by atomic mass is 19.4. The summed E-state index contributed by atoms with van der Waals surface area (Å²) in [5.41, 5.74) is -1.97. The van der Waals surface area contributed by atoms with Crippen LogP contribution in [0.25, 0.3) is 11.6 Å². The number of hydrogen-bond acceptors (Lipinski definition) is 5. The lowest BCUT2D eigenvalue weighted by Gasteiger charge is -2.14. The van der Waals surface area contributed by atoms with Gasteiger partial charge in [0.25, 0.3) is 0 Å². The minimum atomic E-state index is -5.05. The maximum absolute atomic E-state index is 13.1. The molecule has 12 heteroatoms. The van der Waals surface area contributed by atoms with E-state index in [-0.39, 0.29) is 11.8 Å². The summed E-state index contributed by atoms with van der Waals surface area (Å²) in [7, 11) is 1.46. The van der Waals surface area contributed by atoms with Gasteiger partial charge in [0.15, 0.2) is 5.76 Å². The molecule has 34 heavy (non-hydrogen) atoms. The molecule has 178 valence electrons. The maximum Gasteiger partial charge on any atom is 0.422 e. The Kier molecular flexibility index (Phi) is 5.54. The van der Waals surface area contributed by atoms with Crippen LogP contribution in [0.2, 0.25) is 0 Å². The first-order chi connectivity index (χ1) is 15.9. The van der Waals surface area contributed by atoms with E-state index in [9.17, 15) is 36.2 Å². The van der Waals surface area contributed by atoms with Gasteiger partial charge in [-0.2, -0.15) is 26.3 Å². The molecular formula is C22H14F6N2O4. The van der Waals surface area contributed by atoms with E-state index in [2.05, 4.69) is 4.99 Å². The lowest BCUT2D eigenvalue weighted by atomic mass is 10.0. The third-order valence-electron chi connectivity index (χ3n) is 5.03. The largest absolute Gasteiger partial charge is 0.497 e. The zero-order valence-corrected chi connectivity index (χ0v) is 17.2. The Morgan fingerprint density at radius 2 is 1.71 bits per heavy atom. The number of hydrogen-bond donors (Lipinski definition) is 1. The molecule has 1 aromatic heterocycles. The van der Waals surface area contributed by atoms with E-state index in [0.29, 0.717) is 39.3 Å². The summed E-state index contributed by atoms with van der Waals surface area (Å²) in [5.74, 6) is -1.77. The maximum atomic E-state index is 13.1. The van der Waals surface area contributed by atoms with Crippen molar-refractivity contribution < 1.29 is 40.6 Å². The Hall–Kier alpha value is -3.96. The van der Waals surface area contributed by atoms with Crippen LogP contribution in [0.5, 0.6) is 11.6 Å². The Bertz CT molecular complexity index is 1350. The highest BCUT2D eigenvalue weighted by molar-refractivity contribution is 6.21. The summed E-state index contributed by atoms with van der Waals surface area (Å²) in [4.78, 5) is 16.4. The highest BCUT2D eigenvalue weighted by Gasteiger charge is 2.37. The number of methoxy groups -OCH3 is 1. The van der Waals surface area contributed by atoms with Crippen molar-refractivity contribution in [2.24, 2.45) is 4.99 Å². The molecule has 0 amide bonds. The third-order valence-corrected chi connectivity index (χ3v) is 5.03. The molecule has 0 aliphatic carbocycles. The number of oxazole rings is 1. The molecule has 0 atom stereocenters. The molecule has 0 saturated heterocycles. The number of halogens is 6. The zero-order chi connectivity index (χ0) is 24.8. The second-order valence-corrected chi connectivity index (χ2v) is 7.30. The van der Waals surface area contributed by atoms with Gasteiger partial charge in [-0.3, -0.25) is 4.99 Å². The van der Waals surface area contributed by atoms with Gasteiger partial charge in [-0.1, -0.05) is 0 Å². The van der Waals surface area contributed by atoms with Gasteiger partial charge in [0.1, 0.15) is 5.75 Å². The molecule has 1 aliphatic rings. The average molecular weight is 484 g/mol. The summed E-state index contributed by atoms with van der Waals surface area (Å²) in [6.45, 7) is -0.789. The molecular weight excluding hydrogens is 470 g/mol. The molecule has 1 N–H and O–H groups in total. The van der Waals surface area contributed by atoms with Gasteiger partial charge in [-0.05, 0) is 48.0 Å². The quantitative estimate of drug-likeness (QED) is 0.497. The van der Waals surface area contributed by atoms with E-state index >= 15 is 0 Å². The molecule has 0 spiro atoms. The first-order valence-electron chi connectivity index (χ1n) is 9.52. The van der Waals surface area contributed by atoms with Crippen molar-refractivity contribution in [3.05, 3.63) is 75.0 Å². The van der Waals surface area contributed by atoms with E-state index in [1.807, 2.05) is 0 Å². The van der Waals surface area contributed by atoms with Crippen LogP contribution in [-0.2, 0) is 18.9 Å². The van der Waals surface area contributed by atoms with Crippen molar-refractivity contribution in [1.29, 1.82) is 0 Å². The lowest BCUT2D eigenvalue weighted by Crippen LogP contribution is -2.17. The van der Waals surface area contributed by atoms with Gasteiger partial charge in [0.2, 0.25) is 5.88 Å². The second kappa shape index (κ2) is 8.12. The Morgan fingerprint density at radius 3 is 2.29 bits per heavy atom. The first-order valence-corrected chi connectivity index (χ1v) is 9.52. The molecule has 0 radical (unpaired) electrons. The lowest BCUT2D eigenvalue weighted by molar-refractivity contribution is -0.143. The summed E-state index contributed by atoms with van der Waals surface area (Å²) in [5, 5.41) is 10.4. The Balaban J connectivity index is 1.73. The van der Waals surface area contributed by atoms with Crippen LogP contribution in [-0.4, -0.2) is 23.0 Å². The molecule has 3 aromatic rings. The minimum absolute atomic E-state index is 0.0253. The number of ether oxygens (including phenoxy) is 1. The summed E-state index contributed by atoms with van der Waals surface area (Å²) in [6.07, 6.45) is -7.39. The molecule has 0 bridgehead atoms. The number of aliphatic imine (C=N–C) groups is 1. The number of benzene rings is 2. The number of aromatic nitrogens is 1. The monoisotopic (exact) mass is 484 g/mol. The predicted molar refractivity (Wildman–Crippen MR) is 109 cm³/mol. The molecule has 4 rings (SSSR count). The highest BCUT2D eigenvalue weighted by Crippen LogP contribution is 2.38. The average Bonchev–Trinajstić information content (AvgIpc) is 3.27. The fourth-order valence-electron chi connectivity index (χ4n) is 3.39. The molecule has 0 unspecified atom stereocenters. The van der Waals surface area contributed by atoms with Crippen molar-refractivity contribution in [2.75, 3.05) is 7.11 Å². The van der Waals surface area contributed by atoms with Crippen molar-refractivity contribution in [2.45, 2.75) is 18.9 Å². The number of nitrogens with zero attached hydrogens (tertiary/aromatic N) is 2. The third kappa shape index (κ3) is 4.43. The molecule has 0 saturated carbocycles. The van der Waals surface area contributed by atoms with Gasteiger partial charge in [0.05, 0.1) is 30.5 Å². The van der Waals surface area contributed by atoms with Crippen LogP contribution in [0, 0.1) is 0 Å². The number of rotatable bonds is 4. The molecule has 6 nitrogen and oxygen atoms in total. The van der Waals surface area contributed by atoms with Crippen LogP contribution in [0.15, 0.2) is 50.6 Å². The van der Waals surface area contributed by atoms with E-state index in [0.717, 1.165) is 0 Å². The summed E-state index contributed by atoms with van der Waals surface area (Å²) in [6, 6.07) is 5.93. The van der Waals surface area contributed by atoms with Crippen LogP contribution in [0.3, 0.4) is 0 Å². The zero-order valence-electron chi connectivity index (χ0n) is 17.2. The summed E-state index contributed by atoms with van der Waals surface area (Å²) < 4.78 is 89.3. The van der Waals surface area contributed by atoms with E-state index in [1.54, 1.807) is 18.2 Å². The molecule has 0 fully saturated rings. The predicted octanol–water partition coefficient (Wildman–Crippen LogP) is 5.50. The first kappa shape index (κ1) is 23.2. The van der Waals surface area contributed by atoms with Gasteiger partial charge < -0.3 is 14.3 Å². The fraction of sp³-hybridized carbons (Fsp3) is 0.182. The van der Waals surface area contributed by atoms with Gasteiger partial charge in [-0.15, -0.1) is 0 Å². The fourth-order valence-corrected chi connectivity index (χ4v) is 3.39. The van der Waals surface area contributed by atoms with Crippen molar-refractivity contribution in [3.8, 4) is 11.6 Å². The van der Waals surface area contributed by atoms with Crippen molar-refractivity contribution in [1.82, 2.24) is 4.57 Å². The van der Waals surface area contributed by atoms with Crippen LogP contribution < -0.4 is 10.5 Å². The minimum Gasteiger partial charge on any atom is -0.497 e. The number of alkyl halides is 6. The molecule has 2 aromatic carbocycles. The Morgan fingerprint density at radius 1 is 1.06 bits per heavy atom. The Labute approximate surface area is 187 Å². The van der Waals surface area contributed by atoms with Crippen LogP contribution in [0.1, 0.15) is 28.0 Å². The normalized spacial score (nSPS) is 14.6. The topological polar surface area (TPSA) is 77.0 Å². The van der Waals surface area contributed by atoms with Gasteiger partial charge >= 0.3 is 18.1 Å². The number of fused-ring (bicyclic) bond motifs is 1. The van der Waals surface area contributed by atoms with Gasteiger partial charge in [0, 0.05) is 17.4 Å². The molecule has 1 aliphatic heterocycles. The smallest absolute Gasteiger partial charge is 0.422 e. The second-order valence-electron chi connectivity index (χ2n) is 7.30. The van der Waals surface area contributed by atoms with E-state index < -0.39 is 47.2 Å². The number of allylic oxidation sites excluding steroid dienone is 1. The van der Waals surface area contributed by atoms with E-state index in [1.165, 1.54) is 19.4 Å². The van der Waals surface area contributed by atoms with E-state index in [4.69, 9.17) is 9.15 Å². The van der Waals surface area contributed by atoms with Gasteiger partial charge in [-0.25, -0.2) is 9.36 Å². The SMILES string of the molecule is COc1ccc2c(c1)C(=Cc1oc(=O)n(Cc3cc(C(F)(F)F)cc(C(F)(F)F)c3)c1O)C=N2. The van der Waals surface area contributed by atoms with Crippen molar-refractivity contribution in [3.63, 3.8) is 0 Å².